The number of hydrogen-bond donors (Lipinski definition) is 2. The molecule has 11 heavy (non-hydrogen) atoms. The molecule has 2 aliphatic rings. The molecule has 0 aliphatic carbocycles. The van der Waals surface area contributed by atoms with Gasteiger partial charge in [-0.25, -0.2) is 10.4 Å². The van der Waals surface area contributed by atoms with E-state index in [0.29, 0.717) is 18.8 Å². The van der Waals surface area contributed by atoms with Gasteiger partial charge in [0.25, 0.3) is 0 Å². The first-order valence-electron chi connectivity index (χ1n) is 3.31. The highest BCUT2D eigenvalue weighted by Crippen LogP contribution is 2.06. The molecule has 0 radical (unpaired) electrons. The molecule has 0 aromatic rings. The lowest BCUT2D eigenvalue weighted by Crippen LogP contribution is -2.33. The van der Waals surface area contributed by atoms with Gasteiger partial charge in [-0.1, -0.05) is 0 Å². The Morgan fingerprint density at radius 1 is 1.73 bits per heavy atom. The van der Waals surface area contributed by atoms with Crippen LogP contribution in [0.1, 0.15) is 0 Å². The predicted octanol–water partition coefficient (Wildman–Crippen LogP) is -0.869. The third-order valence-corrected chi connectivity index (χ3v) is 1.62. The molecule has 0 aromatic carbocycles. The molecule has 0 bridgehead atoms. The van der Waals surface area contributed by atoms with Gasteiger partial charge in [-0.3, -0.25) is 5.43 Å². The Labute approximate surface area is 64.0 Å². The van der Waals surface area contributed by atoms with E-state index in [4.69, 9.17) is 5.26 Å². The molecular weight excluding hydrogens is 142 g/mol. The molecule has 2 rings (SSSR count). The van der Waals surface area contributed by atoms with E-state index in [9.17, 15) is 0 Å². The lowest BCUT2D eigenvalue weighted by Gasteiger charge is -2.17. The summed E-state index contributed by atoms with van der Waals surface area (Å²) in [6, 6.07) is 2.07. The maximum atomic E-state index is 8.56. The molecule has 5 nitrogen and oxygen atoms in total. The van der Waals surface area contributed by atoms with Crippen LogP contribution in [-0.2, 0) is 0 Å². The number of guanidine groups is 1. The molecule has 0 saturated carbocycles. The molecule has 2 N–H and O–H groups in total. The maximum absolute atomic E-state index is 8.56. The van der Waals surface area contributed by atoms with Gasteiger partial charge in [0.1, 0.15) is 0 Å². The summed E-state index contributed by atoms with van der Waals surface area (Å²) in [7, 11) is 0. The Kier molecular flexibility index (Phi) is 1.27. The quantitative estimate of drug-likeness (QED) is 0.470. The van der Waals surface area contributed by atoms with Gasteiger partial charge in [0.2, 0.25) is 5.96 Å². The number of nitrogens with one attached hydrogen (secondary N) is 2. The Morgan fingerprint density at radius 2 is 2.64 bits per heavy atom. The Morgan fingerprint density at radius 3 is 3.45 bits per heavy atom. The second-order valence-corrected chi connectivity index (χ2v) is 2.38. The van der Waals surface area contributed by atoms with Gasteiger partial charge in [-0.2, -0.15) is 5.26 Å². The molecule has 0 amide bonds. The summed E-state index contributed by atoms with van der Waals surface area (Å²) in [5.74, 6) is 0.795. The van der Waals surface area contributed by atoms with Crippen LogP contribution < -0.4 is 10.9 Å². The second kappa shape index (κ2) is 2.25. The molecule has 2 heterocycles. The average Bonchev–Trinajstić information content (AvgIpc) is 2.50. The van der Waals surface area contributed by atoms with Gasteiger partial charge in [0.05, 0.1) is 24.9 Å². The number of hydrogen-bond acceptors (Lipinski definition) is 5. The number of nitrogens with zero attached hydrogens (tertiary/aromatic N) is 3. The van der Waals surface area contributed by atoms with E-state index in [-0.39, 0.29) is 0 Å². The summed E-state index contributed by atoms with van der Waals surface area (Å²) in [5, 5.41) is 8.56. The van der Waals surface area contributed by atoms with Gasteiger partial charge in [0.15, 0.2) is 0 Å². The van der Waals surface area contributed by atoms with E-state index in [1.165, 1.54) is 0 Å². The SMILES string of the molecule is N#CC1=CN=C2NNCN2C1. The van der Waals surface area contributed by atoms with E-state index in [2.05, 4.69) is 21.9 Å². The minimum atomic E-state index is 0.648. The first kappa shape index (κ1) is 6.19. The van der Waals surface area contributed by atoms with Crippen molar-refractivity contribution < 1.29 is 0 Å². The van der Waals surface area contributed by atoms with E-state index in [1.807, 2.05) is 4.90 Å². The van der Waals surface area contributed by atoms with Crippen molar-refractivity contribution in [1.29, 1.82) is 5.26 Å². The van der Waals surface area contributed by atoms with Crippen LogP contribution in [0.4, 0.5) is 0 Å². The van der Waals surface area contributed by atoms with Crippen molar-refractivity contribution in [3.05, 3.63) is 11.8 Å². The van der Waals surface area contributed by atoms with Crippen molar-refractivity contribution in [2.75, 3.05) is 13.2 Å². The number of aliphatic imine (C=N–C) groups is 1. The largest absolute Gasteiger partial charge is 0.322 e. The highest BCUT2D eigenvalue weighted by molar-refractivity contribution is 5.82. The Bertz CT molecular complexity index is 271. The zero-order chi connectivity index (χ0) is 7.68. The molecular formula is C6H7N5. The van der Waals surface area contributed by atoms with Crippen LogP contribution in [0, 0.1) is 11.3 Å². The fourth-order valence-electron chi connectivity index (χ4n) is 1.06. The lowest BCUT2D eigenvalue weighted by atomic mass is 10.3. The van der Waals surface area contributed by atoms with Crippen LogP contribution in [0.3, 0.4) is 0 Å². The van der Waals surface area contributed by atoms with Crippen LogP contribution in [-0.4, -0.2) is 24.1 Å². The molecule has 2 aliphatic heterocycles. The molecule has 5 heteroatoms. The zero-order valence-electron chi connectivity index (χ0n) is 5.83. The first-order valence-corrected chi connectivity index (χ1v) is 3.31. The van der Waals surface area contributed by atoms with Crippen LogP contribution in [0.25, 0.3) is 0 Å². The molecule has 56 valence electrons. The molecule has 0 atom stereocenters. The van der Waals surface area contributed by atoms with Gasteiger partial charge < -0.3 is 4.90 Å². The molecule has 0 unspecified atom stereocenters. The normalized spacial score (nSPS) is 21.2. The number of hydrazine groups is 1. The van der Waals surface area contributed by atoms with Crippen LogP contribution >= 0.6 is 0 Å². The maximum Gasteiger partial charge on any atom is 0.214 e. The summed E-state index contributed by atoms with van der Waals surface area (Å²) in [6.45, 7) is 1.35. The van der Waals surface area contributed by atoms with Crippen molar-refractivity contribution in [1.82, 2.24) is 15.8 Å². The fraction of sp³-hybridized carbons (Fsp3) is 0.333. The highest BCUT2D eigenvalue weighted by atomic mass is 15.6. The molecule has 1 fully saturated rings. The second-order valence-electron chi connectivity index (χ2n) is 2.38. The summed E-state index contributed by atoms with van der Waals surface area (Å²) in [6.07, 6.45) is 1.59. The Hall–Kier alpha value is -1.54. The number of nitriles is 1. The van der Waals surface area contributed by atoms with Crippen LogP contribution in [0.15, 0.2) is 16.8 Å². The molecule has 0 aromatic heterocycles. The van der Waals surface area contributed by atoms with Crippen molar-refractivity contribution in [2.45, 2.75) is 0 Å². The average molecular weight is 149 g/mol. The van der Waals surface area contributed by atoms with Gasteiger partial charge in [-0.05, 0) is 0 Å². The lowest BCUT2D eigenvalue weighted by molar-refractivity contribution is 0.464. The Balaban J connectivity index is 2.23. The fourth-order valence-corrected chi connectivity index (χ4v) is 1.06. The monoisotopic (exact) mass is 149 g/mol. The molecule has 0 spiro atoms. The topological polar surface area (TPSA) is 63.5 Å². The predicted molar refractivity (Wildman–Crippen MR) is 39.0 cm³/mol. The summed E-state index contributed by atoms with van der Waals surface area (Å²) < 4.78 is 0. The number of rotatable bonds is 0. The highest BCUT2D eigenvalue weighted by Gasteiger charge is 2.20. The number of fused-ring (bicyclic) bond motifs is 1. The molecule has 1 saturated heterocycles. The van der Waals surface area contributed by atoms with Gasteiger partial charge in [0, 0.05) is 6.20 Å². The minimum absolute atomic E-state index is 0.648. The van der Waals surface area contributed by atoms with Crippen LogP contribution in [0.2, 0.25) is 0 Å². The van der Waals surface area contributed by atoms with Gasteiger partial charge in [-0.15, -0.1) is 0 Å². The summed E-state index contributed by atoms with van der Waals surface area (Å²) >= 11 is 0. The third kappa shape index (κ3) is 0.932. The van der Waals surface area contributed by atoms with E-state index >= 15 is 0 Å². The van der Waals surface area contributed by atoms with E-state index in [0.717, 1.165) is 5.96 Å². The van der Waals surface area contributed by atoms with Crippen LogP contribution in [0.5, 0.6) is 0 Å². The summed E-state index contributed by atoms with van der Waals surface area (Å²) in [4.78, 5) is 5.99. The van der Waals surface area contributed by atoms with Crippen molar-refractivity contribution >= 4 is 5.96 Å². The summed E-state index contributed by atoms with van der Waals surface area (Å²) in [5.41, 5.74) is 6.48. The van der Waals surface area contributed by atoms with E-state index < -0.39 is 0 Å². The standard InChI is InChI=1S/C6H7N5/c7-1-5-2-8-6-10-9-4-11(6)3-5/h2,9H,3-4H2,(H,8,10). The first-order chi connectivity index (χ1) is 5.40. The van der Waals surface area contributed by atoms with E-state index in [1.54, 1.807) is 6.20 Å². The zero-order valence-corrected chi connectivity index (χ0v) is 5.83. The minimum Gasteiger partial charge on any atom is -0.322 e. The van der Waals surface area contributed by atoms with Crippen molar-refractivity contribution in [3.8, 4) is 6.07 Å². The van der Waals surface area contributed by atoms with Crippen molar-refractivity contribution in [3.63, 3.8) is 0 Å². The third-order valence-electron chi connectivity index (χ3n) is 1.62. The van der Waals surface area contributed by atoms with Crippen molar-refractivity contribution in [2.24, 2.45) is 4.99 Å². The van der Waals surface area contributed by atoms with Gasteiger partial charge >= 0.3 is 0 Å². The smallest absolute Gasteiger partial charge is 0.214 e.